The van der Waals surface area contributed by atoms with Gasteiger partial charge in [-0.3, -0.25) is 4.68 Å². The zero-order valence-corrected chi connectivity index (χ0v) is 9.67. The average Bonchev–Trinajstić information content (AvgIpc) is 2.54. The topological polar surface area (TPSA) is 29.9 Å². The highest BCUT2D eigenvalue weighted by Gasteiger charge is 2.03. The number of benzene rings is 1. The molecule has 0 saturated heterocycles. The molecular formula is C12H13F2N3. The third-order valence-corrected chi connectivity index (χ3v) is 2.51. The molecule has 1 aromatic heterocycles. The second-order valence-corrected chi connectivity index (χ2v) is 3.93. The van der Waals surface area contributed by atoms with Crippen LogP contribution in [0.4, 0.5) is 14.6 Å². The first-order valence-corrected chi connectivity index (χ1v) is 5.24. The Morgan fingerprint density at radius 3 is 2.35 bits per heavy atom. The van der Waals surface area contributed by atoms with Crippen LogP contribution in [-0.2, 0) is 13.6 Å². The van der Waals surface area contributed by atoms with E-state index in [-0.39, 0.29) is 0 Å². The monoisotopic (exact) mass is 237 g/mol. The summed E-state index contributed by atoms with van der Waals surface area (Å²) in [5.74, 6) is -0.451. The first-order valence-electron chi connectivity index (χ1n) is 5.24. The third-order valence-electron chi connectivity index (χ3n) is 2.51. The predicted molar refractivity (Wildman–Crippen MR) is 61.6 cm³/mol. The van der Waals surface area contributed by atoms with E-state index < -0.39 is 11.6 Å². The van der Waals surface area contributed by atoms with Gasteiger partial charge in [-0.05, 0) is 24.6 Å². The fourth-order valence-corrected chi connectivity index (χ4v) is 1.55. The van der Waals surface area contributed by atoms with Gasteiger partial charge in [-0.2, -0.15) is 5.10 Å². The molecular weight excluding hydrogens is 224 g/mol. The molecule has 5 heteroatoms. The first kappa shape index (κ1) is 11.6. The van der Waals surface area contributed by atoms with Crippen LogP contribution in [0.3, 0.4) is 0 Å². The number of aromatic nitrogens is 2. The minimum Gasteiger partial charge on any atom is -0.365 e. The molecule has 0 atom stereocenters. The third kappa shape index (κ3) is 2.81. The second kappa shape index (κ2) is 4.53. The van der Waals surface area contributed by atoms with Gasteiger partial charge in [0.05, 0.1) is 0 Å². The molecule has 0 amide bonds. The number of halogens is 2. The standard InChI is InChI=1S/C12H13F2N3/c1-8-3-12(16-17(8)2)15-7-9-4-10(13)6-11(14)5-9/h3-6H,7H2,1-2H3,(H,15,16). The van der Waals surface area contributed by atoms with Crippen molar-refractivity contribution >= 4 is 5.82 Å². The van der Waals surface area contributed by atoms with Gasteiger partial charge < -0.3 is 5.32 Å². The van der Waals surface area contributed by atoms with E-state index in [4.69, 9.17) is 0 Å². The average molecular weight is 237 g/mol. The van der Waals surface area contributed by atoms with Crippen LogP contribution in [0, 0.1) is 18.6 Å². The van der Waals surface area contributed by atoms with Crippen molar-refractivity contribution in [3.63, 3.8) is 0 Å². The molecule has 0 saturated carbocycles. The van der Waals surface area contributed by atoms with Gasteiger partial charge in [0.1, 0.15) is 17.5 Å². The maximum absolute atomic E-state index is 12.9. The highest BCUT2D eigenvalue weighted by molar-refractivity contribution is 5.36. The summed E-state index contributed by atoms with van der Waals surface area (Å²) in [7, 11) is 1.84. The Morgan fingerprint density at radius 1 is 1.18 bits per heavy atom. The van der Waals surface area contributed by atoms with Crippen LogP contribution in [0.2, 0.25) is 0 Å². The Kier molecular flexibility index (Phi) is 3.08. The van der Waals surface area contributed by atoms with Gasteiger partial charge >= 0.3 is 0 Å². The Morgan fingerprint density at radius 2 is 1.82 bits per heavy atom. The molecule has 0 aliphatic heterocycles. The number of anilines is 1. The van der Waals surface area contributed by atoms with E-state index >= 15 is 0 Å². The lowest BCUT2D eigenvalue weighted by atomic mass is 10.2. The summed E-state index contributed by atoms with van der Waals surface area (Å²) >= 11 is 0. The fourth-order valence-electron chi connectivity index (χ4n) is 1.55. The van der Waals surface area contributed by atoms with Gasteiger partial charge in [0, 0.05) is 31.4 Å². The van der Waals surface area contributed by atoms with Crippen LogP contribution in [0.1, 0.15) is 11.3 Å². The normalized spacial score (nSPS) is 10.6. The van der Waals surface area contributed by atoms with Crippen molar-refractivity contribution in [2.24, 2.45) is 7.05 Å². The number of hydrogen-bond acceptors (Lipinski definition) is 2. The lowest BCUT2D eigenvalue weighted by Crippen LogP contribution is -2.02. The van der Waals surface area contributed by atoms with Crippen LogP contribution in [0.15, 0.2) is 24.3 Å². The molecule has 90 valence electrons. The van der Waals surface area contributed by atoms with E-state index in [1.54, 1.807) is 4.68 Å². The molecule has 0 fully saturated rings. The van der Waals surface area contributed by atoms with E-state index in [0.717, 1.165) is 11.8 Å². The van der Waals surface area contributed by atoms with Crippen molar-refractivity contribution in [3.8, 4) is 0 Å². The number of rotatable bonds is 3. The van der Waals surface area contributed by atoms with Crippen LogP contribution < -0.4 is 5.32 Å². The summed E-state index contributed by atoms with van der Waals surface area (Å²) in [4.78, 5) is 0. The summed E-state index contributed by atoms with van der Waals surface area (Å²) in [6.07, 6.45) is 0. The van der Waals surface area contributed by atoms with Gasteiger partial charge in [0.15, 0.2) is 0 Å². The largest absolute Gasteiger partial charge is 0.365 e. The highest BCUT2D eigenvalue weighted by atomic mass is 19.1. The summed E-state index contributed by atoms with van der Waals surface area (Å²) in [5.41, 5.74) is 1.56. The Hall–Kier alpha value is -1.91. The van der Waals surface area contributed by atoms with Crippen LogP contribution >= 0.6 is 0 Å². The zero-order valence-electron chi connectivity index (χ0n) is 9.67. The molecule has 1 heterocycles. The molecule has 1 N–H and O–H groups in total. The summed E-state index contributed by atoms with van der Waals surface area (Å²) in [5, 5.41) is 7.20. The summed E-state index contributed by atoms with van der Waals surface area (Å²) < 4.78 is 27.6. The van der Waals surface area contributed by atoms with E-state index in [0.29, 0.717) is 17.9 Å². The maximum Gasteiger partial charge on any atom is 0.148 e. The van der Waals surface area contributed by atoms with Gasteiger partial charge in [-0.15, -0.1) is 0 Å². The van der Waals surface area contributed by atoms with Gasteiger partial charge in [0.25, 0.3) is 0 Å². The van der Waals surface area contributed by atoms with E-state index in [2.05, 4.69) is 10.4 Å². The molecule has 0 spiro atoms. The predicted octanol–water partition coefficient (Wildman–Crippen LogP) is 2.62. The van der Waals surface area contributed by atoms with E-state index in [9.17, 15) is 8.78 Å². The smallest absolute Gasteiger partial charge is 0.148 e. The maximum atomic E-state index is 12.9. The van der Waals surface area contributed by atoms with Crippen molar-refractivity contribution in [1.82, 2.24) is 9.78 Å². The highest BCUT2D eigenvalue weighted by Crippen LogP contribution is 2.11. The second-order valence-electron chi connectivity index (χ2n) is 3.93. The Balaban J connectivity index is 2.07. The molecule has 2 rings (SSSR count). The van der Waals surface area contributed by atoms with Crippen molar-refractivity contribution in [1.29, 1.82) is 0 Å². The zero-order chi connectivity index (χ0) is 12.4. The molecule has 17 heavy (non-hydrogen) atoms. The minimum absolute atomic E-state index is 0.338. The van der Waals surface area contributed by atoms with Crippen LogP contribution in [0.5, 0.6) is 0 Å². The fraction of sp³-hybridized carbons (Fsp3) is 0.250. The molecule has 0 aliphatic rings. The van der Waals surface area contributed by atoms with Crippen molar-refractivity contribution in [2.75, 3.05) is 5.32 Å². The Labute approximate surface area is 98.1 Å². The molecule has 3 nitrogen and oxygen atoms in total. The number of hydrogen-bond donors (Lipinski definition) is 1. The number of nitrogens with one attached hydrogen (secondary N) is 1. The van der Waals surface area contributed by atoms with Gasteiger partial charge in [-0.25, -0.2) is 8.78 Å². The SMILES string of the molecule is Cc1cc(NCc2cc(F)cc(F)c2)nn1C. The van der Waals surface area contributed by atoms with Gasteiger partial charge in [0.2, 0.25) is 0 Å². The van der Waals surface area contributed by atoms with Gasteiger partial charge in [-0.1, -0.05) is 0 Å². The van der Waals surface area contributed by atoms with Crippen LogP contribution in [0.25, 0.3) is 0 Å². The molecule has 0 aliphatic carbocycles. The van der Waals surface area contributed by atoms with Crippen molar-refractivity contribution in [2.45, 2.75) is 13.5 Å². The van der Waals surface area contributed by atoms with Crippen LogP contribution in [-0.4, -0.2) is 9.78 Å². The van der Waals surface area contributed by atoms with Crippen molar-refractivity contribution < 1.29 is 8.78 Å². The van der Waals surface area contributed by atoms with E-state index in [1.807, 2.05) is 20.0 Å². The molecule has 0 radical (unpaired) electrons. The number of nitrogens with zero attached hydrogens (tertiary/aromatic N) is 2. The van der Waals surface area contributed by atoms with Crippen molar-refractivity contribution in [3.05, 3.63) is 47.2 Å². The summed E-state index contributed by atoms with van der Waals surface area (Å²) in [6, 6.07) is 5.32. The summed E-state index contributed by atoms with van der Waals surface area (Å²) in [6.45, 7) is 2.27. The molecule has 0 bridgehead atoms. The van der Waals surface area contributed by atoms with E-state index in [1.165, 1.54) is 12.1 Å². The minimum atomic E-state index is -0.570. The first-order chi connectivity index (χ1) is 8.04. The Bertz CT molecular complexity index is 495. The number of aryl methyl sites for hydroxylation is 2. The molecule has 0 unspecified atom stereocenters. The molecule has 2 aromatic rings. The quantitative estimate of drug-likeness (QED) is 0.889. The lowest BCUT2D eigenvalue weighted by Gasteiger charge is -2.03. The molecule has 1 aromatic carbocycles. The lowest BCUT2D eigenvalue weighted by molar-refractivity contribution is 0.580.